The lowest BCUT2D eigenvalue weighted by Gasteiger charge is -2.39. The molecule has 11 atom stereocenters. The van der Waals surface area contributed by atoms with Crippen LogP contribution < -0.4 is 18.9 Å². The summed E-state index contributed by atoms with van der Waals surface area (Å²) in [6.07, 6.45) is -15.2. The van der Waals surface area contributed by atoms with E-state index in [9.17, 15) is 50.8 Å². The fourth-order valence-electron chi connectivity index (χ4n) is 5.28. The fraction of sp³-hybridized carbons (Fsp3) is 0.536. The lowest BCUT2D eigenvalue weighted by molar-refractivity contribution is -0.277. The summed E-state index contributed by atoms with van der Waals surface area (Å²) in [5, 5.41) is 90.4. The molecule has 2 saturated heterocycles. The smallest absolute Gasteiger partial charge is 0.229 e. The van der Waals surface area contributed by atoms with Crippen LogP contribution in [-0.2, 0) is 9.47 Å². The van der Waals surface area contributed by atoms with Crippen LogP contribution in [0.2, 0.25) is 0 Å². The molecule has 5 rings (SSSR count). The molecule has 0 amide bonds. The van der Waals surface area contributed by atoms with Crippen LogP contribution in [0.25, 0.3) is 0 Å². The molecular weight excluding hydrogens is 592 g/mol. The zero-order valence-electron chi connectivity index (χ0n) is 23.2. The number of ketones is 1. The molecule has 3 aliphatic rings. The van der Waals surface area contributed by atoms with Crippen LogP contribution in [0.3, 0.4) is 0 Å². The molecule has 2 aromatic carbocycles. The van der Waals surface area contributed by atoms with E-state index in [4.69, 9.17) is 28.4 Å². The minimum atomic E-state index is -1.74. The zero-order chi connectivity index (χ0) is 31.9. The highest BCUT2D eigenvalue weighted by atomic mass is 16.7. The number of phenols is 1. The van der Waals surface area contributed by atoms with Crippen LogP contribution in [-0.4, -0.2) is 140 Å². The number of benzene rings is 2. The highest BCUT2D eigenvalue weighted by molar-refractivity contribution is 6.07. The second kappa shape index (κ2) is 13.0. The fourth-order valence-corrected chi connectivity index (χ4v) is 5.28. The topological polar surface area (TPSA) is 255 Å². The number of aromatic hydroxyl groups is 1. The molecule has 44 heavy (non-hydrogen) atoms. The van der Waals surface area contributed by atoms with Gasteiger partial charge in [-0.15, -0.1) is 0 Å². The van der Waals surface area contributed by atoms with E-state index in [1.165, 1.54) is 25.3 Å². The monoisotopic (exact) mass is 626 g/mol. The van der Waals surface area contributed by atoms with E-state index < -0.39 is 92.1 Å². The van der Waals surface area contributed by atoms with Crippen LogP contribution in [0.5, 0.6) is 28.7 Å². The van der Waals surface area contributed by atoms with Crippen LogP contribution in [0, 0.1) is 0 Å². The predicted octanol–water partition coefficient (Wildman–Crippen LogP) is -2.88. The summed E-state index contributed by atoms with van der Waals surface area (Å²) in [7, 11) is 1.20. The van der Waals surface area contributed by atoms with Gasteiger partial charge in [0, 0.05) is 6.07 Å². The average Bonchev–Trinajstić information content (AvgIpc) is 3.02. The first-order valence-electron chi connectivity index (χ1n) is 13.7. The lowest BCUT2D eigenvalue weighted by atomic mass is 9.88. The maximum atomic E-state index is 13.6. The second-order valence-corrected chi connectivity index (χ2v) is 10.6. The summed E-state index contributed by atoms with van der Waals surface area (Å²) in [5.74, 6) is -2.42. The van der Waals surface area contributed by atoms with Crippen molar-refractivity contribution in [1.29, 1.82) is 0 Å². The van der Waals surface area contributed by atoms with E-state index in [1.807, 2.05) is 0 Å². The number of phenolic OH excluding ortho intramolecular Hbond substituents is 1. The molecule has 242 valence electrons. The Balaban J connectivity index is 1.33. The SMILES string of the molecule is COc1c(OC2OC(CO)C(O)C(O)C2O)cc2c(c1O)C(=O)C(c1ccc(OC3OC(CO)C(O)C(O)C3O)cc1)CO2. The maximum absolute atomic E-state index is 13.6. The molecular formula is C28H34O16. The van der Waals surface area contributed by atoms with Crippen molar-refractivity contribution in [3.05, 3.63) is 41.5 Å². The Bertz CT molecular complexity index is 1320. The van der Waals surface area contributed by atoms with Gasteiger partial charge >= 0.3 is 0 Å². The number of ether oxygens (including phenoxy) is 6. The first-order chi connectivity index (χ1) is 21.0. The van der Waals surface area contributed by atoms with Gasteiger partial charge in [-0.25, -0.2) is 0 Å². The number of aliphatic hydroxyl groups excluding tert-OH is 8. The van der Waals surface area contributed by atoms with Gasteiger partial charge in [-0.3, -0.25) is 4.79 Å². The summed E-state index contributed by atoms with van der Waals surface area (Å²) in [4.78, 5) is 13.6. The van der Waals surface area contributed by atoms with E-state index in [0.29, 0.717) is 5.56 Å². The molecule has 0 radical (unpaired) electrons. The van der Waals surface area contributed by atoms with Gasteiger partial charge in [-0.2, -0.15) is 0 Å². The van der Waals surface area contributed by atoms with Crippen molar-refractivity contribution in [2.75, 3.05) is 26.9 Å². The van der Waals surface area contributed by atoms with Crippen molar-refractivity contribution in [3.8, 4) is 28.7 Å². The molecule has 16 heteroatoms. The molecule has 3 heterocycles. The normalized spacial score (nSPS) is 35.4. The molecule has 16 nitrogen and oxygen atoms in total. The Morgan fingerprint density at radius 3 is 1.86 bits per heavy atom. The summed E-state index contributed by atoms with van der Waals surface area (Å²) >= 11 is 0. The predicted molar refractivity (Wildman–Crippen MR) is 142 cm³/mol. The Labute approximate surface area is 249 Å². The van der Waals surface area contributed by atoms with Crippen molar-refractivity contribution >= 4 is 5.78 Å². The van der Waals surface area contributed by atoms with Gasteiger partial charge in [0.25, 0.3) is 0 Å². The number of carbonyl (C=O) groups excluding carboxylic acids is 1. The van der Waals surface area contributed by atoms with Crippen molar-refractivity contribution in [2.24, 2.45) is 0 Å². The van der Waals surface area contributed by atoms with Gasteiger partial charge in [-0.05, 0) is 17.7 Å². The van der Waals surface area contributed by atoms with Gasteiger partial charge in [0.15, 0.2) is 17.3 Å². The molecule has 0 spiro atoms. The number of carbonyl (C=O) groups is 1. The van der Waals surface area contributed by atoms with Crippen molar-refractivity contribution in [1.82, 2.24) is 0 Å². The first-order valence-corrected chi connectivity index (χ1v) is 13.7. The zero-order valence-corrected chi connectivity index (χ0v) is 23.2. The third-order valence-corrected chi connectivity index (χ3v) is 7.83. The van der Waals surface area contributed by atoms with Gasteiger partial charge in [0.05, 0.1) is 26.2 Å². The largest absolute Gasteiger partial charge is 0.504 e. The summed E-state index contributed by atoms with van der Waals surface area (Å²) in [5.41, 5.74) is 0.266. The molecule has 0 aromatic heterocycles. The van der Waals surface area contributed by atoms with Crippen LogP contribution in [0.15, 0.2) is 30.3 Å². The van der Waals surface area contributed by atoms with Crippen molar-refractivity contribution in [3.63, 3.8) is 0 Å². The molecule has 0 bridgehead atoms. The standard InChI is InChI=1S/C28H34O16/c1-39-26-14(42-28-25(38)23(36)20(33)16(8-30)44-28)6-13-17(21(26)34)18(31)12(9-40-13)10-2-4-11(5-3-10)41-27-24(37)22(35)19(32)15(7-29)43-27/h2-6,12,15-16,19-20,22-25,27-30,32-38H,7-9H2,1H3. The van der Waals surface area contributed by atoms with Crippen LogP contribution in [0.4, 0.5) is 0 Å². The van der Waals surface area contributed by atoms with Crippen LogP contribution in [0.1, 0.15) is 21.8 Å². The molecule has 11 unspecified atom stereocenters. The van der Waals surface area contributed by atoms with E-state index >= 15 is 0 Å². The third-order valence-electron chi connectivity index (χ3n) is 7.83. The minimum Gasteiger partial charge on any atom is -0.504 e. The van der Waals surface area contributed by atoms with Crippen molar-refractivity contribution < 1.29 is 79.2 Å². The number of fused-ring (bicyclic) bond motifs is 1. The van der Waals surface area contributed by atoms with Gasteiger partial charge in [-0.1, -0.05) is 12.1 Å². The van der Waals surface area contributed by atoms with E-state index in [2.05, 4.69) is 0 Å². The lowest BCUT2D eigenvalue weighted by Crippen LogP contribution is -2.60. The Morgan fingerprint density at radius 1 is 0.795 bits per heavy atom. The molecule has 0 saturated carbocycles. The number of aliphatic hydroxyl groups is 8. The number of Topliss-reactive ketones (excluding diaryl/α,β-unsaturated/α-hetero) is 1. The van der Waals surface area contributed by atoms with E-state index in [0.717, 1.165) is 0 Å². The number of hydrogen-bond acceptors (Lipinski definition) is 16. The molecule has 2 fully saturated rings. The van der Waals surface area contributed by atoms with E-state index in [-0.39, 0.29) is 35.2 Å². The Kier molecular flexibility index (Phi) is 9.47. The van der Waals surface area contributed by atoms with Gasteiger partial charge < -0.3 is 74.4 Å². The average molecular weight is 627 g/mol. The second-order valence-electron chi connectivity index (χ2n) is 10.6. The minimum absolute atomic E-state index is 0.0632. The Morgan fingerprint density at radius 2 is 1.34 bits per heavy atom. The summed E-state index contributed by atoms with van der Waals surface area (Å²) < 4.78 is 33.0. The summed E-state index contributed by atoms with van der Waals surface area (Å²) in [6.45, 7) is -1.45. The highest BCUT2D eigenvalue weighted by Crippen LogP contribution is 2.49. The molecule has 3 aliphatic heterocycles. The quantitative estimate of drug-likeness (QED) is 0.143. The number of methoxy groups -OCH3 is 1. The van der Waals surface area contributed by atoms with Gasteiger partial charge in [0.2, 0.25) is 18.3 Å². The van der Waals surface area contributed by atoms with Gasteiger partial charge in [0.1, 0.15) is 72.5 Å². The first kappa shape index (κ1) is 32.1. The summed E-state index contributed by atoms with van der Waals surface area (Å²) in [6, 6.07) is 7.26. The Hall–Kier alpha value is -3.29. The number of rotatable bonds is 8. The maximum Gasteiger partial charge on any atom is 0.229 e. The third kappa shape index (κ3) is 5.77. The van der Waals surface area contributed by atoms with E-state index in [1.54, 1.807) is 12.1 Å². The molecule has 9 N–H and O–H groups in total. The van der Waals surface area contributed by atoms with Crippen molar-refractivity contribution in [2.45, 2.75) is 67.3 Å². The molecule has 2 aromatic rings. The highest BCUT2D eigenvalue weighted by Gasteiger charge is 2.46. The molecule has 0 aliphatic carbocycles. The number of hydrogen-bond donors (Lipinski definition) is 9. The van der Waals surface area contributed by atoms with Crippen LogP contribution >= 0.6 is 0 Å².